The summed E-state index contributed by atoms with van der Waals surface area (Å²) < 4.78 is 39.3. The van der Waals surface area contributed by atoms with E-state index in [-0.39, 0.29) is 22.2 Å². The summed E-state index contributed by atoms with van der Waals surface area (Å²) in [6.07, 6.45) is 0. The van der Waals surface area contributed by atoms with E-state index in [0.717, 1.165) is 6.07 Å². The van der Waals surface area contributed by atoms with Crippen LogP contribution in [0.3, 0.4) is 0 Å². The largest absolute Gasteiger partial charge is 0.356 e. The Labute approximate surface area is 89.1 Å². The van der Waals surface area contributed by atoms with Crippen LogP contribution in [-0.2, 0) is 0 Å². The maximum atomic E-state index is 13.4. The number of fused-ring (bicyclic) bond motifs is 1. The van der Waals surface area contributed by atoms with Gasteiger partial charge in [0, 0.05) is 16.6 Å². The van der Waals surface area contributed by atoms with Crippen molar-refractivity contribution in [1.29, 1.82) is 0 Å². The van der Waals surface area contributed by atoms with Gasteiger partial charge in [0.05, 0.1) is 5.52 Å². The zero-order valence-corrected chi connectivity index (χ0v) is 8.62. The Hall–Kier alpha value is -1.78. The molecule has 0 bridgehead atoms. The minimum atomic E-state index is -1.54. The third-order valence-electron chi connectivity index (χ3n) is 2.47. The number of Topliss-reactive ketones (excluding diaryl/α,β-unsaturated/α-hetero) is 1. The van der Waals surface area contributed by atoms with Gasteiger partial charge in [-0.3, -0.25) is 4.79 Å². The number of H-pyrrole nitrogens is 1. The van der Waals surface area contributed by atoms with Gasteiger partial charge >= 0.3 is 0 Å². The molecule has 0 saturated heterocycles. The lowest BCUT2D eigenvalue weighted by molar-refractivity contribution is 0.101. The maximum absolute atomic E-state index is 13.4. The molecule has 1 aromatic heterocycles. The monoisotopic (exact) mass is 227 g/mol. The van der Waals surface area contributed by atoms with Crippen LogP contribution < -0.4 is 0 Å². The van der Waals surface area contributed by atoms with Crippen LogP contribution in [0.2, 0.25) is 0 Å². The number of hydrogen-bond acceptors (Lipinski definition) is 1. The molecule has 84 valence electrons. The van der Waals surface area contributed by atoms with E-state index < -0.39 is 17.5 Å². The van der Waals surface area contributed by atoms with E-state index in [9.17, 15) is 18.0 Å². The molecule has 0 saturated carbocycles. The quantitative estimate of drug-likeness (QED) is 0.589. The summed E-state index contributed by atoms with van der Waals surface area (Å²) in [6, 6.07) is 0.827. The fourth-order valence-electron chi connectivity index (χ4n) is 1.82. The first-order valence-corrected chi connectivity index (χ1v) is 4.60. The van der Waals surface area contributed by atoms with Gasteiger partial charge in [-0.1, -0.05) is 0 Å². The summed E-state index contributed by atoms with van der Waals surface area (Å²) in [4.78, 5) is 13.8. The van der Waals surface area contributed by atoms with Crippen LogP contribution in [0.4, 0.5) is 13.2 Å². The second-order valence-corrected chi connectivity index (χ2v) is 3.59. The lowest BCUT2D eigenvalue weighted by Gasteiger charge is -1.98. The highest BCUT2D eigenvalue weighted by Gasteiger charge is 2.20. The number of rotatable bonds is 1. The molecular weight excluding hydrogens is 219 g/mol. The van der Waals surface area contributed by atoms with Gasteiger partial charge < -0.3 is 4.98 Å². The molecule has 1 aromatic carbocycles. The molecule has 0 spiro atoms. The van der Waals surface area contributed by atoms with E-state index in [0.29, 0.717) is 5.69 Å². The highest BCUT2D eigenvalue weighted by Crippen LogP contribution is 2.27. The fourth-order valence-corrected chi connectivity index (χ4v) is 1.82. The first kappa shape index (κ1) is 10.7. The first-order chi connectivity index (χ1) is 7.43. The minimum Gasteiger partial charge on any atom is -0.356 e. The number of aromatic amines is 1. The highest BCUT2D eigenvalue weighted by molar-refractivity contribution is 6.08. The number of benzene rings is 1. The number of ketones is 1. The number of carbonyl (C=O) groups excluding carboxylic acids is 1. The van der Waals surface area contributed by atoms with Crippen LogP contribution >= 0.6 is 0 Å². The molecule has 5 heteroatoms. The summed E-state index contributed by atoms with van der Waals surface area (Å²) in [6.45, 7) is 2.83. The Morgan fingerprint density at radius 3 is 2.44 bits per heavy atom. The standard InChI is InChI=1S/C11H8F3NO/c1-4-8(5(2)16)6-3-7(12)9(13)10(14)11(6)15-4/h3,15H,1-2H3. The Morgan fingerprint density at radius 2 is 1.88 bits per heavy atom. The number of nitrogens with one attached hydrogen (secondary N) is 1. The van der Waals surface area contributed by atoms with E-state index in [2.05, 4.69) is 4.98 Å². The van der Waals surface area contributed by atoms with Crippen molar-refractivity contribution in [3.63, 3.8) is 0 Å². The Kier molecular flexibility index (Phi) is 2.26. The van der Waals surface area contributed by atoms with Gasteiger partial charge in [0.25, 0.3) is 0 Å². The van der Waals surface area contributed by atoms with Crippen LogP contribution in [0.15, 0.2) is 6.07 Å². The predicted octanol–water partition coefficient (Wildman–Crippen LogP) is 3.10. The fraction of sp³-hybridized carbons (Fsp3) is 0.182. The van der Waals surface area contributed by atoms with Crippen LogP contribution in [0.1, 0.15) is 23.0 Å². The van der Waals surface area contributed by atoms with Crippen molar-refractivity contribution in [2.45, 2.75) is 13.8 Å². The molecule has 0 fully saturated rings. The van der Waals surface area contributed by atoms with E-state index in [1.165, 1.54) is 6.92 Å². The summed E-state index contributed by atoms with van der Waals surface area (Å²) >= 11 is 0. The number of aryl methyl sites for hydroxylation is 1. The average Bonchev–Trinajstić information content (AvgIpc) is 2.51. The Morgan fingerprint density at radius 1 is 1.25 bits per heavy atom. The van der Waals surface area contributed by atoms with Crippen molar-refractivity contribution >= 4 is 16.7 Å². The molecule has 0 atom stereocenters. The molecule has 2 rings (SSSR count). The second kappa shape index (κ2) is 3.37. The third kappa shape index (κ3) is 1.31. The van der Waals surface area contributed by atoms with Gasteiger partial charge in [-0.05, 0) is 19.9 Å². The Balaban J connectivity index is 2.96. The molecule has 0 aliphatic heterocycles. The van der Waals surface area contributed by atoms with Crippen LogP contribution in [0.25, 0.3) is 10.9 Å². The number of halogens is 3. The number of carbonyl (C=O) groups is 1. The average molecular weight is 227 g/mol. The molecule has 0 amide bonds. The first-order valence-electron chi connectivity index (χ1n) is 4.60. The van der Waals surface area contributed by atoms with Crippen molar-refractivity contribution < 1.29 is 18.0 Å². The zero-order chi connectivity index (χ0) is 12.0. The van der Waals surface area contributed by atoms with Crippen molar-refractivity contribution in [3.05, 3.63) is 34.8 Å². The van der Waals surface area contributed by atoms with Gasteiger partial charge in [-0.25, -0.2) is 13.2 Å². The van der Waals surface area contributed by atoms with Gasteiger partial charge in [0.1, 0.15) is 0 Å². The minimum absolute atomic E-state index is 0.0707. The van der Waals surface area contributed by atoms with Crippen LogP contribution in [-0.4, -0.2) is 10.8 Å². The summed E-state index contributed by atoms with van der Waals surface area (Å²) in [7, 11) is 0. The highest BCUT2D eigenvalue weighted by atomic mass is 19.2. The van der Waals surface area contributed by atoms with Gasteiger partial charge in [0.15, 0.2) is 23.2 Å². The van der Waals surface area contributed by atoms with Crippen molar-refractivity contribution in [1.82, 2.24) is 4.98 Å². The molecule has 0 unspecified atom stereocenters. The van der Waals surface area contributed by atoms with Crippen LogP contribution in [0, 0.1) is 24.4 Å². The SMILES string of the molecule is CC(=O)c1c(C)[nH]c2c(F)c(F)c(F)cc12. The smallest absolute Gasteiger partial charge is 0.196 e. The molecule has 1 heterocycles. The predicted molar refractivity (Wildman–Crippen MR) is 52.9 cm³/mol. The normalized spacial score (nSPS) is 11.1. The van der Waals surface area contributed by atoms with E-state index in [4.69, 9.17) is 0 Å². The molecule has 2 aromatic rings. The van der Waals surface area contributed by atoms with E-state index in [1.807, 2.05) is 0 Å². The Bertz CT molecular complexity index is 601. The number of aromatic nitrogens is 1. The molecule has 0 aliphatic carbocycles. The second-order valence-electron chi connectivity index (χ2n) is 3.59. The van der Waals surface area contributed by atoms with Crippen molar-refractivity contribution in [3.8, 4) is 0 Å². The topological polar surface area (TPSA) is 32.9 Å². The molecule has 1 N–H and O–H groups in total. The van der Waals surface area contributed by atoms with Gasteiger partial charge in [0.2, 0.25) is 0 Å². The molecular formula is C11H8F3NO. The van der Waals surface area contributed by atoms with Crippen LogP contribution in [0.5, 0.6) is 0 Å². The summed E-state index contributed by atoms with van der Waals surface area (Å²) in [5, 5.41) is 0.0707. The van der Waals surface area contributed by atoms with E-state index >= 15 is 0 Å². The van der Waals surface area contributed by atoms with E-state index in [1.54, 1.807) is 6.92 Å². The van der Waals surface area contributed by atoms with Crippen molar-refractivity contribution in [2.75, 3.05) is 0 Å². The summed E-state index contributed by atoms with van der Waals surface area (Å²) in [5.74, 6) is -4.46. The lowest BCUT2D eigenvalue weighted by Crippen LogP contribution is -1.95. The third-order valence-corrected chi connectivity index (χ3v) is 2.47. The molecule has 0 aliphatic rings. The van der Waals surface area contributed by atoms with Gasteiger partial charge in [-0.2, -0.15) is 0 Å². The summed E-state index contributed by atoms with van der Waals surface area (Å²) in [5.41, 5.74) is 0.404. The van der Waals surface area contributed by atoms with Gasteiger partial charge in [-0.15, -0.1) is 0 Å². The lowest BCUT2D eigenvalue weighted by atomic mass is 10.1. The maximum Gasteiger partial charge on any atom is 0.196 e. The molecule has 2 nitrogen and oxygen atoms in total. The molecule has 16 heavy (non-hydrogen) atoms. The molecule has 0 radical (unpaired) electrons. The number of hydrogen-bond donors (Lipinski definition) is 1. The zero-order valence-electron chi connectivity index (χ0n) is 8.62. The van der Waals surface area contributed by atoms with Crippen molar-refractivity contribution in [2.24, 2.45) is 0 Å².